The molecule has 2 N–H and O–H groups in total. The van der Waals surface area contributed by atoms with E-state index in [1.165, 1.54) is 31.0 Å². The fraction of sp³-hybridized carbons (Fsp3) is 0.529. The zero-order valence-electron chi connectivity index (χ0n) is 14.5. The van der Waals surface area contributed by atoms with E-state index in [9.17, 15) is 24.8 Å². The Labute approximate surface area is 155 Å². The summed E-state index contributed by atoms with van der Waals surface area (Å²) in [5.41, 5.74) is -0.586. The van der Waals surface area contributed by atoms with E-state index >= 15 is 0 Å². The zero-order valence-corrected chi connectivity index (χ0v) is 15.3. The number of thioether (sulfide) groups is 1. The molecule has 0 aliphatic heterocycles. The van der Waals surface area contributed by atoms with Crippen molar-refractivity contribution >= 4 is 29.3 Å². The van der Waals surface area contributed by atoms with Crippen LogP contribution in [0.3, 0.4) is 0 Å². The summed E-state index contributed by atoms with van der Waals surface area (Å²) >= 11 is 1.28. The fourth-order valence-corrected chi connectivity index (χ4v) is 3.86. The Kier molecular flexibility index (Phi) is 6.84. The third-order valence-corrected chi connectivity index (χ3v) is 5.44. The van der Waals surface area contributed by atoms with E-state index in [1.807, 2.05) is 0 Å². The Balaban J connectivity index is 1.91. The zero-order chi connectivity index (χ0) is 19.2. The molecule has 2 rings (SSSR count). The molecule has 0 spiro atoms. The predicted molar refractivity (Wildman–Crippen MR) is 97.4 cm³/mol. The number of hydrogen-bond donors (Lipinski definition) is 2. The van der Waals surface area contributed by atoms with Gasteiger partial charge in [0.15, 0.2) is 5.75 Å². The second-order valence-corrected chi connectivity index (χ2v) is 7.24. The number of nitro groups is 1. The van der Waals surface area contributed by atoms with Crippen molar-refractivity contribution in [1.29, 1.82) is 0 Å². The van der Waals surface area contributed by atoms with Gasteiger partial charge in [0.25, 0.3) is 0 Å². The van der Waals surface area contributed by atoms with Crippen LogP contribution in [0.4, 0.5) is 5.69 Å². The molecular weight excluding hydrogens is 360 g/mol. The highest BCUT2D eigenvalue weighted by Gasteiger charge is 2.40. The molecule has 0 heterocycles. The van der Waals surface area contributed by atoms with Gasteiger partial charge < -0.3 is 15.2 Å². The molecule has 1 amide bonds. The molecule has 142 valence electrons. The van der Waals surface area contributed by atoms with Crippen LogP contribution in [0, 0.1) is 10.1 Å². The molecule has 8 nitrogen and oxygen atoms in total. The van der Waals surface area contributed by atoms with Crippen molar-refractivity contribution < 1.29 is 24.4 Å². The highest BCUT2D eigenvalue weighted by atomic mass is 32.2. The van der Waals surface area contributed by atoms with Gasteiger partial charge in [0.05, 0.1) is 17.8 Å². The van der Waals surface area contributed by atoms with E-state index in [0.717, 1.165) is 19.3 Å². The Morgan fingerprint density at radius 3 is 2.62 bits per heavy atom. The normalized spacial score (nSPS) is 15.9. The number of nitro benzene ring substituents is 1. The second kappa shape index (κ2) is 8.88. The minimum atomic E-state index is -1.16. The van der Waals surface area contributed by atoms with E-state index in [1.54, 1.807) is 6.07 Å². The van der Waals surface area contributed by atoms with Gasteiger partial charge in [-0.05, 0) is 24.5 Å². The van der Waals surface area contributed by atoms with Gasteiger partial charge in [-0.1, -0.05) is 25.3 Å². The van der Waals surface area contributed by atoms with Crippen molar-refractivity contribution in [1.82, 2.24) is 5.32 Å². The first-order valence-corrected chi connectivity index (χ1v) is 9.47. The highest BCUT2D eigenvalue weighted by Crippen LogP contribution is 2.30. The van der Waals surface area contributed by atoms with Crippen LogP contribution in [0.15, 0.2) is 18.2 Å². The molecule has 0 radical (unpaired) electrons. The third-order valence-electron chi connectivity index (χ3n) is 4.44. The molecule has 0 unspecified atom stereocenters. The molecule has 9 heteroatoms. The number of carbonyl (C=O) groups is 2. The van der Waals surface area contributed by atoms with Gasteiger partial charge in [-0.25, -0.2) is 4.79 Å². The second-order valence-electron chi connectivity index (χ2n) is 6.25. The van der Waals surface area contributed by atoms with Gasteiger partial charge in [0, 0.05) is 11.8 Å². The lowest BCUT2D eigenvalue weighted by atomic mass is 9.81. The summed E-state index contributed by atoms with van der Waals surface area (Å²) < 4.78 is 4.95. The summed E-state index contributed by atoms with van der Waals surface area (Å²) in [7, 11) is 1.37. The van der Waals surface area contributed by atoms with E-state index in [0.29, 0.717) is 24.2 Å². The number of rotatable bonds is 8. The molecule has 0 aromatic heterocycles. The lowest BCUT2D eigenvalue weighted by Gasteiger charge is -2.33. The summed E-state index contributed by atoms with van der Waals surface area (Å²) in [6.45, 7) is 0. The standard InChI is InChI=1S/C17H22N2O6S/c1-25-14-6-5-12(9-13(14)19(23)24)10-26-11-15(20)18-17(16(21)22)7-3-2-4-8-17/h5-6,9H,2-4,7-8,10-11H2,1H3,(H,18,20)(H,21,22). The number of carboxylic acid groups (broad SMARTS) is 1. The van der Waals surface area contributed by atoms with Crippen LogP contribution in [0.2, 0.25) is 0 Å². The maximum absolute atomic E-state index is 12.2. The molecule has 1 aromatic rings. The number of nitrogens with one attached hydrogen (secondary N) is 1. The maximum atomic E-state index is 12.2. The minimum Gasteiger partial charge on any atom is -0.490 e. The molecule has 0 atom stereocenters. The molecule has 0 saturated heterocycles. The first kappa shape index (κ1) is 20.0. The van der Waals surface area contributed by atoms with Crippen LogP contribution >= 0.6 is 11.8 Å². The van der Waals surface area contributed by atoms with Crippen molar-refractivity contribution in [3.63, 3.8) is 0 Å². The lowest BCUT2D eigenvalue weighted by Crippen LogP contribution is -2.56. The van der Waals surface area contributed by atoms with Crippen LogP contribution in [-0.2, 0) is 15.3 Å². The Morgan fingerprint density at radius 2 is 2.04 bits per heavy atom. The number of aliphatic carboxylic acids is 1. The van der Waals surface area contributed by atoms with Crippen molar-refractivity contribution in [2.75, 3.05) is 12.9 Å². The maximum Gasteiger partial charge on any atom is 0.329 e. The summed E-state index contributed by atoms with van der Waals surface area (Å²) in [5.74, 6) is -0.640. The predicted octanol–water partition coefficient (Wildman–Crippen LogP) is 2.74. The molecule has 26 heavy (non-hydrogen) atoms. The molecule has 1 aliphatic rings. The van der Waals surface area contributed by atoms with Gasteiger partial charge >= 0.3 is 11.7 Å². The topological polar surface area (TPSA) is 119 Å². The van der Waals surface area contributed by atoms with Crippen LogP contribution in [0.1, 0.15) is 37.7 Å². The minimum absolute atomic E-state index is 0.0921. The number of amides is 1. The van der Waals surface area contributed by atoms with Crippen molar-refractivity contribution in [3.05, 3.63) is 33.9 Å². The number of carbonyl (C=O) groups excluding carboxylic acids is 1. The average Bonchev–Trinajstić information content (AvgIpc) is 2.62. The highest BCUT2D eigenvalue weighted by molar-refractivity contribution is 7.99. The first-order chi connectivity index (χ1) is 12.4. The third kappa shape index (κ3) is 4.87. The lowest BCUT2D eigenvalue weighted by molar-refractivity contribution is -0.385. The molecular formula is C17H22N2O6S. The number of ether oxygens (including phenoxy) is 1. The van der Waals surface area contributed by atoms with Crippen LogP contribution in [0.5, 0.6) is 5.75 Å². The molecule has 1 fully saturated rings. The van der Waals surface area contributed by atoms with Crippen molar-refractivity contribution in [3.8, 4) is 5.75 Å². The summed E-state index contributed by atoms with van der Waals surface area (Å²) in [6, 6.07) is 4.65. The van der Waals surface area contributed by atoms with E-state index in [-0.39, 0.29) is 23.1 Å². The summed E-state index contributed by atoms with van der Waals surface area (Å²) in [4.78, 5) is 34.3. The SMILES string of the molecule is COc1ccc(CSCC(=O)NC2(C(=O)O)CCCCC2)cc1[N+](=O)[O-]. The van der Waals surface area contributed by atoms with E-state index < -0.39 is 16.4 Å². The number of methoxy groups -OCH3 is 1. The van der Waals surface area contributed by atoms with E-state index in [2.05, 4.69) is 5.32 Å². The number of hydrogen-bond acceptors (Lipinski definition) is 6. The van der Waals surface area contributed by atoms with Crippen LogP contribution in [0.25, 0.3) is 0 Å². The Bertz CT molecular complexity index is 688. The van der Waals surface area contributed by atoms with Gasteiger partial charge in [-0.15, -0.1) is 11.8 Å². The van der Waals surface area contributed by atoms with Crippen molar-refractivity contribution in [2.45, 2.75) is 43.4 Å². The molecule has 0 bridgehead atoms. The van der Waals surface area contributed by atoms with Gasteiger partial charge in [0.1, 0.15) is 5.54 Å². The van der Waals surface area contributed by atoms with Crippen LogP contribution in [-0.4, -0.2) is 40.3 Å². The van der Waals surface area contributed by atoms with Gasteiger partial charge in [-0.3, -0.25) is 14.9 Å². The number of benzene rings is 1. The largest absolute Gasteiger partial charge is 0.490 e. The quantitative estimate of drug-likeness (QED) is 0.524. The number of carboxylic acids is 1. The van der Waals surface area contributed by atoms with Crippen LogP contribution < -0.4 is 10.1 Å². The number of nitrogens with zero attached hydrogens (tertiary/aromatic N) is 1. The fourth-order valence-electron chi connectivity index (χ4n) is 3.08. The van der Waals surface area contributed by atoms with Gasteiger partial charge in [0.2, 0.25) is 5.91 Å². The molecule has 1 saturated carbocycles. The first-order valence-electron chi connectivity index (χ1n) is 8.31. The monoisotopic (exact) mass is 382 g/mol. The van der Waals surface area contributed by atoms with Gasteiger partial charge in [-0.2, -0.15) is 0 Å². The smallest absolute Gasteiger partial charge is 0.329 e. The summed E-state index contributed by atoms with van der Waals surface area (Å²) in [5, 5.41) is 23.2. The van der Waals surface area contributed by atoms with E-state index in [4.69, 9.17) is 4.74 Å². The Hall–Kier alpha value is -2.29. The molecule has 1 aliphatic carbocycles. The van der Waals surface area contributed by atoms with Crippen molar-refractivity contribution in [2.24, 2.45) is 0 Å². The Morgan fingerprint density at radius 1 is 1.35 bits per heavy atom. The molecule has 1 aromatic carbocycles. The average molecular weight is 382 g/mol. The summed E-state index contributed by atoms with van der Waals surface area (Å²) in [6.07, 6.45) is 3.45.